The van der Waals surface area contributed by atoms with Crippen molar-refractivity contribution in [2.45, 2.75) is 37.6 Å². The van der Waals surface area contributed by atoms with Crippen molar-refractivity contribution in [3.8, 4) is 0 Å². The van der Waals surface area contributed by atoms with E-state index in [9.17, 15) is 8.42 Å². The fourth-order valence-electron chi connectivity index (χ4n) is 2.85. The van der Waals surface area contributed by atoms with Crippen LogP contribution in [0.4, 0.5) is 0 Å². The molecule has 1 aromatic rings. The van der Waals surface area contributed by atoms with Crippen molar-refractivity contribution in [2.24, 2.45) is 0 Å². The molecule has 0 bridgehead atoms. The molecule has 1 N–H and O–H groups in total. The van der Waals surface area contributed by atoms with E-state index < -0.39 is 9.84 Å². The van der Waals surface area contributed by atoms with Crippen LogP contribution in [0.1, 0.15) is 34.8 Å². The Kier molecular flexibility index (Phi) is 2.99. The summed E-state index contributed by atoms with van der Waals surface area (Å²) in [5, 5.41) is 4.45. The lowest BCUT2D eigenvalue weighted by Gasteiger charge is -2.35. The highest BCUT2D eigenvalue weighted by Gasteiger charge is 2.40. The minimum Gasteiger partial charge on any atom is -0.308 e. The first kappa shape index (κ1) is 12.6. The number of rotatable bonds is 2. The molecule has 4 nitrogen and oxygen atoms in total. The summed E-state index contributed by atoms with van der Waals surface area (Å²) in [7, 11) is -0.909. The first-order valence-corrected chi connectivity index (χ1v) is 9.07. The van der Waals surface area contributed by atoms with E-state index in [1.165, 1.54) is 17.0 Å². The average molecular weight is 286 g/mol. The number of hydrogen-bond donors (Lipinski definition) is 1. The van der Waals surface area contributed by atoms with Gasteiger partial charge < -0.3 is 5.32 Å². The summed E-state index contributed by atoms with van der Waals surface area (Å²) in [4.78, 5) is 6.18. The SMILES string of the molecule is CNC1(c2nc3c(s2)CCC3)CCS(=O)(=O)CC1. The highest BCUT2D eigenvalue weighted by Crippen LogP contribution is 2.39. The molecule has 18 heavy (non-hydrogen) atoms. The lowest BCUT2D eigenvalue weighted by Crippen LogP contribution is -2.46. The quantitative estimate of drug-likeness (QED) is 0.889. The number of hydrogen-bond acceptors (Lipinski definition) is 5. The zero-order valence-corrected chi connectivity index (χ0v) is 12.2. The van der Waals surface area contributed by atoms with Gasteiger partial charge in [-0.05, 0) is 39.2 Å². The standard InChI is InChI=1S/C12H18N2O2S2/c1-13-12(5-7-18(15,16)8-6-12)11-14-9-3-2-4-10(9)17-11/h13H,2-8H2,1H3. The predicted octanol–water partition coefficient (Wildman–Crippen LogP) is 1.26. The van der Waals surface area contributed by atoms with Crippen LogP contribution in [0.25, 0.3) is 0 Å². The number of fused-ring (bicyclic) bond motifs is 1. The van der Waals surface area contributed by atoms with Crippen molar-refractivity contribution in [1.82, 2.24) is 10.3 Å². The summed E-state index contributed by atoms with van der Waals surface area (Å²) in [5.74, 6) is 0.552. The van der Waals surface area contributed by atoms with E-state index in [4.69, 9.17) is 4.98 Å². The van der Waals surface area contributed by atoms with Crippen molar-refractivity contribution in [1.29, 1.82) is 0 Å². The zero-order valence-electron chi connectivity index (χ0n) is 10.5. The van der Waals surface area contributed by atoms with Gasteiger partial charge in [-0.1, -0.05) is 0 Å². The number of thiazole rings is 1. The van der Waals surface area contributed by atoms with Gasteiger partial charge in [0.25, 0.3) is 0 Å². The van der Waals surface area contributed by atoms with Crippen LogP contribution in [0, 0.1) is 0 Å². The van der Waals surface area contributed by atoms with Crippen molar-refractivity contribution < 1.29 is 8.42 Å². The van der Waals surface area contributed by atoms with E-state index in [1.54, 1.807) is 11.3 Å². The summed E-state index contributed by atoms with van der Waals surface area (Å²) in [6.07, 6.45) is 4.75. The van der Waals surface area contributed by atoms with Gasteiger partial charge in [0.2, 0.25) is 0 Å². The summed E-state index contributed by atoms with van der Waals surface area (Å²) in [6, 6.07) is 0. The summed E-state index contributed by atoms with van der Waals surface area (Å²) >= 11 is 1.78. The van der Waals surface area contributed by atoms with Gasteiger partial charge in [-0.2, -0.15) is 0 Å². The molecule has 0 aromatic carbocycles. The molecule has 0 unspecified atom stereocenters. The summed E-state index contributed by atoms with van der Waals surface area (Å²) in [6.45, 7) is 0. The van der Waals surface area contributed by atoms with E-state index in [1.807, 2.05) is 7.05 Å². The predicted molar refractivity (Wildman–Crippen MR) is 72.8 cm³/mol. The first-order chi connectivity index (χ1) is 8.55. The molecule has 1 saturated heterocycles. The third-order valence-electron chi connectivity index (χ3n) is 4.16. The van der Waals surface area contributed by atoms with Gasteiger partial charge in [-0.3, -0.25) is 0 Å². The van der Waals surface area contributed by atoms with E-state index >= 15 is 0 Å². The van der Waals surface area contributed by atoms with Gasteiger partial charge >= 0.3 is 0 Å². The molecule has 2 aliphatic rings. The Balaban J connectivity index is 1.92. The molecule has 2 heterocycles. The number of aryl methyl sites for hydroxylation is 2. The Hall–Kier alpha value is -0.460. The largest absolute Gasteiger partial charge is 0.308 e. The average Bonchev–Trinajstić information content (AvgIpc) is 2.90. The van der Waals surface area contributed by atoms with Crippen molar-refractivity contribution in [3.05, 3.63) is 15.6 Å². The molecule has 1 aliphatic carbocycles. The molecule has 0 radical (unpaired) electrons. The Morgan fingerprint density at radius 3 is 2.61 bits per heavy atom. The molecule has 6 heteroatoms. The number of nitrogens with one attached hydrogen (secondary N) is 1. The van der Waals surface area contributed by atoms with E-state index in [0.717, 1.165) is 17.8 Å². The van der Waals surface area contributed by atoms with Crippen LogP contribution in [0.15, 0.2) is 0 Å². The maximum Gasteiger partial charge on any atom is 0.150 e. The first-order valence-electron chi connectivity index (χ1n) is 6.43. The van der Waals surface area contributed by atoms with Crippen LogP contribution in [0.2, 0.25) is 0 Å². The third kappa shape index (κ3) is 2.00. The molecule has 0 atom stereocenters. The number of sulfone groups is 1. The molecule has 0 amide bonds. The molecule has 3 rings (SSSR count). The van der Waals surface area contributed by atoms with Gasteiger partial charge in [0.05, 0.1) is 22.7 Å². The topological polar surface area (TPSA) is 59.1 Å². The minimum atomic E-state index is -2.83. The molecule has 1 aliphatic heterocycles. The molecule has 0 saturated carbocycles. The summed E-state index contributed by atoms with van der Waals surface area (Å²) < 4.78 is 23.2. The van der Waals surface area contributed by atoms with Crippen LogP contribution in [0.5, 0.6) is 0 Å². The van der Waals surface area contributed by atoms with E-state index in [-0.39, 0.29) is 17.0 Å². The van der Waals surface area contributed by atoms with Gasteiger partial charge in [0, 0.05) is 4.88 Å². The molecule has 1 aromatic heterocycles. The lowest BCUT2D eigenvalue weighted by molar-refractivity contribution is 0.323. The Morgan fingerprint density at radius 2 is 2.00 bits per heavy atom. The van der Waals surface area contributed by atoms with Crippen molar-refractivity contribution >= 4 is 21.2 Å². The second-order valence-electron chi connectivity index (χ2n) is 5.23. The Morgan fingerprint density at radius 1 is 1.28 bits per heavy atom. The molecule has 1 fully saturated rings. The van der Waals surface area contributed by atoms with Gasteiger partial charge in [0.15, 0.2) is 0 Å². The molecule has 0 spiro atoms. The van der Waals surface area contributed by atoms with Crippen molar-refractivity contribution in [2.75, 3.05) is 18.6 Å². The second kappa shape index (κ2) is 4.28. The smallest absolute Gasteiger partial charge is 0.150 e. The van der Waals surface area contributed by atoms with Crippen LogP contribution >= 0.6 is 11.3 Å². The maximum absolute atomic E-state index is 11.6. The molecular formula is C12H18N2O2S2. The fraction of sp³-hybridized carbons (Fsp3) is 0.750. The van der Waals surface area contributed by atoms with E-state index in [2.05, 4.69) is 5.32 Å². The van der Waals surface area contributed by atoms with Crippen LogP contribution in [-0.4, -0.2) is 32.0 Å². The van der Waals surface area contributed by atoms with Crippen molar-refractivity contribution in [3.63, 3.8) is 0 Å². The van der Waals surface area contributed by atoms with E-state index in [0.29, 0.717) is 12.8 Å². The fourth-order valence-corrected chi connectivity index (χ4v) is 5.78. The second-order valence-corrected chi connectivity index (χ2v) is 8.61. The van der Waals surface area contributed by atoms with Gasteiger partial charge in [-0.25, -0.2) is 13.4 Å². The highest BCUT2D eigenvalue weighted by atomic mass is 32.2. The number of nitrogens with zero attached hydrogens (tertiary/aromatic N) is 1. The van der Waals surface area contributed by atoms with Crippen LogP contribution < -0.4 is 5.32 Å². The lowest BCUT2D eigenvalue weighted by atomic mass is 9.93. The number of aromatic nitrogens is 1. The van der Waals surface area contributed by atoms with Crippen LogP contribution in [0.3, 0.4) is 0 Å². The summed E-state index contributed by atoms with van der Waals surface area (Å²) in [5.41, 5.74) is 1.04. The highest BCUT2D eigenvalue weighted by molar-refractivity contribution is 7.91. The third-order valence-corrected chi connectivity index (χ3v) is 7.18. The Bertz CT molecular complexity index is 527. The van der Waals surface area contributed by atoms with Crippen LogP contribution in [-0.2, 0) is 28.2 Å². The zero-order chi connectivity index (χ0) is 12.8. The normalized spacial score (nSPS) is 24.9. The minimum absolute atomic E-state index is 0.208. The van der Waals surface area contributed by atoms with Gasteiger partial charge in [0.1, 0.15) is 14.8 Å². The monoisotopic (exact) mass is 286 g/mol. The molecular weight excluding hydrogens is 268 g/mol. The Labute approximate surface area is 112 Å². The van der Waals surface area contributed by atoms with Gasteiger partial charge in [-0.15, -0.1) is 11.3 Å². The maximum atomic E-state index is 11.6. The molecule has 100 valence electrons.